The van der Waals surface area contributed by atoms with Crippen LogP contribution in [0.5, 0.6) is 0 Å². The van der Waals surface area contributed by atoms with Crippen LogP contribution >= 0.6 is 11.3 Å². The van der Waals surface area contributed by atoms with Gasteiger partial charge in [0.25, 0.3) is 0 Å². The van der Waals surface area contributed by atoms with Gasteiger partial charge in [-0.1, -0.05) is 170 Å². The zero-order valence-corrected chi connectivity index (χ0v) is 31.2. The molecule has 12 aromatic rings. The maximum Gasteiger partial charge on any atom is 0.0629 e. The Balaban J connectivity index is 1.23. The molecule has 0 nitrogen and oxygen atoms in total. The number of fused-ring (bicyclic) bond motifs is 10. The highest BCUT2D eigenvalue weighted by molar-refractivity contribution is 7.26. The zero-order valence-electron chi connectivity index (χ0n) is 38.4. The quantitative estimate of drug-likeness (QED) is 0.124. The number of rotatable bonds is 4. The molecule has 0 saturated carbocycles. The molecule has 12 rings (SSSR count). The normalized spacial score (nSPS) is 13.8. The van der Waals surface area contributed by atoms with Gasteiger partial charge < -0.3 is 0 Å². The van der Waals surface area contributed by atoms with Gasteiger partial charge in [0, 0.05) is 20.2 Å². The van der Waals surface area contributed by atoms with Crippen molar-refractivity contribution in [1.29, 1.82) is 0 Å². The van der Waals surface area contributed by atoms with Gasteiger partial charge in [-0.05, 0) is 135 Å². The Bertz CT molecular complexity index is 3960. The SMILES string of the molecule is [2H]c1c([2H])c([2H])c2c(-c3ccc4sc5ccc6ccccc6c5c4c3)c3c([2H])c([2H])c([2H])c([2H])c3c(-c3ccc4c(c3)c(-c3cccc(-c5ccccc5)c3)cc3ccccc34)c2c1[2H]. The van der Waals surface area contributed by atoms with Crippen LogP contribution in [0.4, 0.5) is 0 Å². The van der Waals surface area contributed by atoms with Crippen LogP contribution in [-0.2, 0) is 0 Å². The minimum absolute atomic E-state index is 0.192. The van der Waals surface area contributed by atoms with Crippen molar-refractivity contribution in [3.8, 4) is 44.5 Å². The van der Waals surface area contributed by atoms with E-state index >= 15 is 0 Å². The molecule has 0 N–H and O–H groups in total. The smallest absolute Gasteiger partial charge is 0.0629 e. The Morgan fingerprint density at radius 2 is 0.895 bits per heavy atom. The molecule has 0 unspecified atom stereocenters. The molecule has 1 heterocycles. The van der Waals surface area contributed by atoms with Crippen LogP contribution in [0.1, 0.15) is 11.0 Å². The molecule has 0 fully saturated rings. The lowest BCUT2D eigenvalue weighted by Crippen LogP contribution is -1.92. The van der Waals surface area contributed by atoms with Gasteiger partial charge in [-0.2, -0.15) is 0 Å². The highest BCUT2D eigenvalue weighted by atomic mass is 32.1. The maximum atomic E-state index is 9.65. The summed E-state index contributed by atoms with van der Waals surface area (Å²) in [7, 11) is 0. The number of thiophene rings is 1. The summed E-state index contributed by atoms with van der Waals surface area (Å²) in [6.07, 6.45) is 0. The first-order valence-electron chi connectivity index (χ1n) is 23.0. The molecular formula is C56H34S. The molecule has 0 amide bonds. The topological polar surface area (TPSA) is 0 Å². The first-order valence-corrected chi connectivity index (χ1v) is 19.8. The molecule has 0 aliphatic heterocycles. The van der Waals surface area contributed by atoms with Crippen molar-refractivity contribution < 1.29 is 11.0 Å². The largest absolute Gasteiger partial charge is 0.135 e. The van der Waals surface area contributed by atoms with E-state index in [4.69, 9.17) is 5.48 Å². The molecule has 0 radical (unpaired) electrons. The second-order valence-electron chi connectivity index (χ2n) is 14.6. The first kappa shape index (κ1) is 25.2. The molecule has 264 valence electrons. The Morgan fingerprint density at radius 3 is 1.63 bits per heavy atom. The van der Waals surface area contributed by atoms with E-state index < -0.39 is 24.2 Å². The number of hydrogen-bond donors (Lipinski definition) is 0. The fourth-order valence-corrected chi connectivity index (χ4v) is 10.0. The van der Waals surface area contributed by atoms with E-state index in [9.17, 15) is 5.48 Å². The second kappa shape index (κ2) is 12.7. The molecule has 0 saturated heterocycles. The Kier molecular flexibility index (Phi) is 5.63. The predicted molar refractivity (Wildman–Crippen MR) is 249 cm³/mol. The average molecular weight is 747 g/mol. The lowest BCUT2D eigenvalue weighted by molar-refractivity contribution is 1.61. The van der Waals surface area contributed by atoms with E-state index in [1.54, 1.807) is 11.3 Å². The van der Waals surface area contributed by atoms with Gasteiger partial charge in [-0.3, -0.25) is 0 Å². The van der Waals surface area contributed by atoms with Gasteiger partial charge in [-0.25, -0.2) is 0 Å². The van der Waals surface area contributed by atoms with E-state index in [0.717, 1.165) is 74.7 Å². The van der Waals surface area contributed by atoms with E-state index in [1.165, 1.54) is 0 Å². The summed E-state index contributed by atoms with van der Waals surface area (Å²) < 4.78 is 76.8. The summed E-state index contributed by atoms with van der Waals surface area (Å²) in [5, 5.41) is 8.92. The van der Waals surface area contributed by atoms with Crippen molar-refractivity contribution in [2.45, 2.75) is 0 Å². The van der Waals surface area contributed by atoms with Crippen molar-refractivity contribution in [2.75, 3.05) is 0 Å². The Labute approximate surface area is 345 Å². The third kappa shape index (κ3) is 5.06. The van der Waals surface area contributed by atoms with Gasteiger partial charge >= 0.3 is 0 Å². The molecular weight excluding hydrogens is 705 g/mol. The van der Waals surface area contributed by atoms with Crippen LogP contribution in [0, 0.1) is 0 Å². The molecule has 0 atom stereocenters. The molecule has 1 heteroatoms. The van der Waals surface area contributed by atoms with Crippen molar-refractivity contribution >= 4 is 85.4 Å². The maximum absolute atomic E-state index is 9.65. The second-order valence-corrected chi connectivity index (χ2v) is 15.7. The lowest BCUT2D eigenvalue weighted by atomic mass is 9.84. The molecule has 0 aliphatic rings. The Morgan fingerprint density at radius 1 is 0.316 bits per heavy atom. The fourth-order valence-electron chi connectivity index (χ4n) is 8.90. The van der Waals surface area contributed by atoms with E-state index in [2.05, 4.69) is 72.8 Å². The molecule has 0 bridgehead atoms. The number of hydrogen-bond acceptors (Lipinski definition) is 1. The first-order chi connectivity index (χ1) is 31.6. The minimum atomic E-state index is -0.425. The van der Waals surface area contributed by atoms with Crippen molar-refractivity contribution in [1.82, 2.24) is 0 Å². The monoisotopic (exact) mass is 746 g/mol. The lowest BCUT2D eigenvalue weighted by Gasteiger charge is -2.19. The molecule has 1 aromatic heterocycles. The van der Waals surface area contributed by atoms with Crippen molar-refractivity contribution in [2.24, 2.45) is 0 Å². The molecule has 0 aliphatic carbocycles. The van der Waals surface area contributed by atoms with Gasteiger partial charge in [0.2, 0.25) is 0 Å². The summed E-state index contributed by atoms with van der Waals surface area (Å²) >= 11 is 1.66. The summed E-state index contributed by atoms with van der Waals surface area (Å²) in [5.41, 5.74) is 5.90. The van der Waals surface area contributed by atoms with Crippen LogP contribution in [-0.4, -0.2) is 0 Å². The van der Waals surface area contributed by atoms with E-state index in [-0.39, 0.29) is 45.7 Å². The highest BCUT2D eigenvalue weighted by Gasteiger charge is 2.19. The van der Waals surface area contributed by atoms with Crippen LogP contribution in [0.3, 0.4) is 0 Å². The van der Waals surface area contributed by atoms with Gasteiger partial charge in [-0.15, -0.1) is 11.3 Å². The standard InChI is InChI=1S/C56H34S/c1-2-13-35(14-3-1)37-17-12-18-38(31-37)49-32-39-16-5-6-19-42(39)44-28-25-40(33-50(44)49)54-45-21-8-10-23-47(45)55(48-24-11-9-22-46(48)54)41-27-29-52-51(34-41)56-43-20-7-4-15-36(43)26-30-53(56)57-52/h1-34H/i8D,9D,10D,11D,21D,22D,23D,24D. The third-order valence-corrected chi connectivity index (χ3v) is 12.6. The molecule has 11 aromatic carbocycles. The van der Waals surface area contributed by atoms with Crippen LogP contribution in [0.25, 0.3) is 119 Å². The highest BCUT2D eigenvalue weighted by Crippen LogP contribution is 2.47. The molecule has 0 spiro atoms. The summed E-state index contributed by atoms with van der Waals surface area (Å²) in [5.74, 6) is 0. The van der Waals surface area contributed by atoms with Gasteiger partial charge in [0.15, 0.2) is 0 Å². The minimum Gasteiger partial charge on any atom is -0.135 e. The molecule has 57 heavy (non-hydrogen) atoms. The predicted octanol–water partition coefficient (Wildman–Crippen LogP) is 16.5. The number of benzene rings is 11. The van der Waals surface area contributed by atoms with Crippen molar-refractivity contribution in [3.63, 3.8) is 0 Å². The fraction of sp³-hybridized carbons (Fsp3) is 0. The summed E-state index contributed by atoms with van der Waals surface area (Å²) in [6.45, 7) is 0. The summed E-state index contributed by atoms with van der Waals surface area (Å²) in [4.78, 5) is 0. The van der Waals surface area contributed by atoms with Crippen LogP contribution < -0.4 is 0 Å². The van der Waals surface area contributed by atoms with E-state index in [0.29, 0.717) is 22.3 Å². The van der Waals surface area contributed by atoms with Gasteiger partial charge in [0.05, 0.1) is 11.0 Å². The van der Waals surface area contributed by atoms with E-state index in [1.807, 2.05) is 84.9 Å². The van der Waals surface area contributed by atoms with Crippen LogP contribution in [0.2, 0.25) is 0 Å². The Hall–Kier alpha value is -7.06. The van der Waals surface area contributed by atoms with Gasteiger partial charge in [0.1, 0.15) is 0 Å². The third-order valence-electron chi connectivity index (χ3n) is 11.5. The van der Waals surface area contributed by atoms with Crippen LogP contribution in [0.15, 0.2) is 206 Å². The summed E-state index contributed by atoms with van der Waals surface area (Å²) in [6, 6.07) is 50.5. The van der Waals surface area contributed by atoms with Crippen molar-refractivity contribution in [3.05, 3.63) is 206 Å². The zero-order chi connectivity index (χ0) is 44.4. The average Bonchev–Trinajstić information content (AvgIpc) is 3.73.